The molecule has 0 bridgehead atoms. The van der Waals surface area contributed by atoms with Gasteiger partial charge in [-0.2, -0.15) is 0 Å². The summed E-state index contributed by atoms with van der Waals surface area (Å²) < 4.78 is 0. The summed E-state index contributed by atoms with van der Waals surface area (Å²) in [5.74, 6) is -2.20. The number of anilines is 1. The number of aromatic carboxylic acids is 2. The smallest absolute Gasteiger partial charge is 0.336 e. The molecule has 1 aliphatic rings. The van der Waals surface area contributed by atoms with E-state index in [0.717, 1.165) is 26.2 Å². The molecule has 1 heterocycles. The number of likely N-dealkylation sites (N-methyl/N-ethyl adjacent to an activating group) is 1. The van der Waals surface area contributed by atoms with Crippen molar-refractivity contribution in [3.63, 3.8) is 0 Å². The van der Waals surface area contributed by atoms with Crippen molar-refractivity contribution in [2.24, 2.45) is 0 Å². The normalized spacial score (nSPS) is 15.4. The van der Waals surface area contributed by atoms with Gasteiger partial charge in [-0.1, -0.05) is 6.42 Å². The lowest BCUT2D eigenvalue weighted by Gasteiger charge is -2.29. The second-order valence-corrected chi connectivity index (χ2v) is 6.10. The Morgan fingerprint density at radius 2 is 1.61 bits per heavy atom. The summed E-state index contributed by atoms with van der Waals surface area (Å²) in [6, 6.07) is 3.11. The third kappa shape index (κ3) is 4.22. The monoisotopic (exact) mass is 320 g/mol. The number of rotatable bonds is 6. The van der Waals surface area contributed by atoms with E-state index in [0.29, 0.717) is 5.69 Å². The largest absolute Gasteiger partial charge is 0.478 e. The number of carboxylic acid groups (broad SMARTS) is 2. The maximum atomic E-state index is 11.4. The van der Waals surface area contributed by atoms with Gasteiger partial charge in [0.15, 0.2) is 0 Å². The third-order valence-electron chi connectivity index (χ3n) is 4.49. The molecule has 2 N–H and O–H groups in total. The molecule has 0 radical (unpaired) electrons. The Balaban J connectivity index is 2.16. The van der Waals surface area contributed by atoms with Gasteiger partial charge in [-0.15, -0.1) is 0 Å². The van der Waals surface area contributed by atoms with E-state index in [1.165, 1.54) is 26.2 Å². The Morgan fingerprint density at radius 1 is 1.09 bits per heavy atom. The van der Waals surface area contributed by atoms with Gasteiger partial charge >= 0.3 is 11.9 Å². The van der Waals surface area contributed by atoms with E-state index in [2.05, 4.69) is 4.90 Å². The Labute approximate surface area is 136 Å². The molecule has 0 saturated carbocycles. The second-order valence-electron chi connectivity index (χ2n) is 6.10. The molecule has 0 amide bonds. The lowest BCUT2D eigenvalue weighted by atomic mass is 10.0. The number of benzene rings is 1. The zero-order valence-corrected chi connectivity index (χ0v) is 13.7. The molecule has 6 nitrogen and oxygen atoms in total. The highest BCUT2D eigenvalue weighted by atomic mass is 16.4. The predicted octanol–water partition coefficient (Wildman–Crippen LogP) is 2.31. The summed E-state index contributed by atoms with van der Waals surface area (Å²) in [7, 11) is 1.87. The molecule has 1 aromatic rings. The van der Waals surface area contributed by atoms with Gasteiger partial charge in [0.2, 0.25) is 0 Å². The lowest BCUT2D eigenvalue weighted by molar-refractivity contribution is 0.0696. The van der Waals surface area contributed by atoms with E-state index in [4.69, 9.17) is 0 Å². The first-order chi connectivity index (χ1) is 10.9. The van der Waals surface area contributed by atoms with Gasteiger partial charge < -0.3 is 20.0 Å². The van der Waals surface area contributed by atoms with Crippen molar-refractivity contribution in [3.05, 3.63) is 28.8 Å². The van der Waals surface area contributed by atoms with Gasteiger partial charge in [0.05, 0.1) is 11.1 Å². The summed E-state index contributed by atoms with van der Waals surface area (Å²) in [6.45, 7) is 5.37. The average Bonchev–Trinajstić information content (AvgIpc) is 2.53. The minimum Gasteiger partial charge on any atom is -0.478 e. The fourth-order valence-electron chi connectivity index (χ4n) is 2.97. The van der Waals surface area contributed by atoms with Crippen molar-refractivity contribution in [2.45, 2.75) is 26.2 Å². The quantitative estimate of drug-likeness (QED) is 0.837. The van der Waals surface area contributed by atoms with Crippen molar-refractivity contribution in [1.82, 2.24) is 4.90 Å². The molecule has 0 unspecified atom stereocenters. The number of likely N-dealkylation sites (tertiary alicyclic amines) is 1. The highest BCUT2D eigenvalue weighted by Gasteiger charge is 2.19. The highest BCUT2D eigenvalue weighted by molar-refractivity contribution is 5.98. The zero-order valence-electron chi connectivity index (χ0n) is 13.7. The van der Waals surface area contributed by atoms with Crippen molar-refractivity contribution in [3.8, 4) is 0 Å². The van der Waals surface area contributed by atoms with Crippen LogP contribution in [0.5, 0.6) is 0 Å². The molecule has 0 aromatic heterocycles. The van der Waals surface area contributed by atoms with E-state index >= 15 is 0 Å². The van der Waals surface area contributed by atoms with Crippen LogP contribution in [0.4, 0.5) is 5.69 Å². The molecule has 2 rings (SSSR count). The minimum atomic E-state index is -1.10. The number of hydrogen-bond acceptors (Lipinski definition) is 4. The first-order valence-electron chi connectivity index (χ1n) is 7.95. The molecule has 23 heavy (non-hydrogen) atoms. The zero-order chi connectivity index (χ0) is 17.0. The van der Waals surface area contributed by atoms with Crippen LogP contribution in [0.15, 0.2) is 12.1 Å². The molecule has 1 aromatic carbocycles. The molecular weight excluding hydrogens is 296 g/mol. The first kappa shape index (κ1) is 17.3. The van der Waals surface area contributed by atoms with Crippen molar-refractivity contribution >= 4 is 17.6 Å². The lowest BCUT2D eigenvalue weighted by Crippen LogP contribution is -2.36. The fourth-order valence-corrected chi connectivity index (χ4v) is 2.97. The summed E-state index contributed by atoms with van der Waals surface area (Å²) in [6.07, 6.45) is 3.73. The van der Waals surface area contributed by atoms with Crippen LogP contribution >= 0.6 is 0 Å². The maximum Gasteiger partial charge on any atom is 0.336 e. The Bertz CT molecular complexity index is 559. The van der Waals surface area contributed by atoms with Crippen LogP contribution in [0.3, 0.4) is 0 Å². The van der Waals surface area contributed by atoms with E-state index in [1.54, 1.807) is 12.1 Å². The molecule has 0 aliphatic carbocycles. The standard InChI is InChI=1S/C17H24N2O4/c1-12-14(16(20)21)10-13(11-15(12)17(22)23)18(2)8-9-19-6-4-3-5-7-19/h10-11H,3-9H2,1-2H3,(H,20,21)(H,22,23). The van der Waals surface area contributed by atoms with Crippen LogP contribution in [0, 0.1) is 6.92 Å². The number of carboxylic acids is 2. The Kier molecular flexibility index (Phi) is 5.60. The number of piperidine rings is 1. The van der Waals surface area contributed by atoms with E-state index < -0.39 is 11.9 Å². The van der Waals surface area contributed by atoms with Gasteiger partial charge in [-0.05, 0) is 50.6 Å². The number of carbonyl (C=O) groups is 2. The molecule has 126 valence electrons. The number of hydrogen-bond donors (Lipinski definition) is 2. The predicted molar refractivity (Wildman–Crippen MR) is 88.7 cm³/mol. The topological polar surface area (TPSA) is 81.1 Å². The summed E-state index contributed by atoms with van der Waals surface area (Å²) in [5, 5.41) is 18.6. The van der Waals surface area contributed by atoms with Gasteiger partial charge in [0.25, 0.3) is 0 Å². The second kappa shape index (κ2) is 7.46. The maximum absolute atomic E-state index is 11.4. The molecule has 0 atom stereocenters. The van der Waals surface area contributed by atoms with Crippen LogP contribution in [0.1, 0.15) is 45.5 Å². The van der Waals surface area contributed by atoms with Crippen LogP contribution in [0.2, 0.25) is 0 Å². The summed E-state index contributed by atoms with van der Waals surface area (Å²) >= 11 is 0. The molecule has 0 spiro atoms. The summed E-state index contributed by atoms with van der Waals surface area (Å²) in [5.41, 5.74) is 1.01. The average molecular weight is 320 g/mol. The minimum absolute atomic E-state index is 0.0460. The fraction of sp³-hybridized carbons (Fsp3) is 0.529. The van der Waals surface area contributed by atoms with Crippen molar-refractivity contribution in [2.75, 3.05) is 38.1 Å². The molecule has 1 saturated heterocycles. The molecule has 1 fully saturated rings. The Morgan fingerprint density at radius 3 is 2.09 bits per heavy atom. The van der Waals surface area contributed by atoms with Crippen molar-refractivity contribution in [1.29, 1.82) is 0 Å². The third-order valence-corrected chi connectivity index (χ3v) is 4.49. The van der Waals surface area contributed by atoms with E-state index in [-0.39, 0.29) is 16.7 Å². The van der Waals surface area contributed by atoms with Crippen LogP contribution in [0.25, 0.3) is 0 Å². The SMILES string of the molecule is Cc1c(C(=O)O)cc(N(C)CCN2CCCCC2)cc1C(=O)O. The van der Waals surface area contributed by atoms with Crippen LogP contribution < -0.4 is 4.90 Å². The number of nitrogens with zero attached hydrogens (tertiary/aromatic N) is 2. The summed E-state index contributed by atoms with van der Waals surface area (Å²) in [4.78, 5) is 27.0. The van der Waals surface area contributed by atoms with Gasteiger partial charge in [0.1, 0.15) is 0 Å². The molecule has 1 aliphatic heterocycles. The highest BCUT2D eigenvalue weighted by Crippen LogP contribution is 2.23. The van der Waals surface area contributed by atoms with Crippen LogP contribution in [-0.4, -0.2) is 60.3 Å². The van der Waals surface area contributed by atoms with Crippen molar-refractivity contribution < 1.29 is 19.8 Å². The molecule has 6 heteroatoms. The van der Waals surface area contributed by atoms with Gasteiger partial charge in [-0.3, -0.25) is 0 Å². The van der Waals surface area contributed by atoms with Gasteiger partial charge in [-0.25, -0.2) is 9.59 Å². The van der Waals surface area contributed by atoms with Gasteiger partial charge in [0, 0.05) is 25.8 Å². The molecular formula is C17H24N2O4. The van der Waals surface area contributed by atoms with Crippen LogP contribution in [-0.2, 0) is 0 Å². The van der Waals surface area contributed by atoms with E-state index in [1.807, 2.05) is 11.9 Å². The first-order valence-corrected chi connectivity index (χ1v) is 7.95. The van der Waals surface area contributed by atoms with E-state index in [9.17, 15) is 19.8 Å². The Hall–Kier alpha value is -2.08.